The van der Waals surface area contributed by atoms with Crippen LogP contribution >= 0.6 is 22.7 Å². The molecule has 2 unspecified atom stereocenters. The van der Waals surface area contributed by atoms with E-state index in [1.54, 1.807) is 0 Å². The molecule has 0 saturated carbocycles. The molecule has 0 fully saturated rings. The normalized spacial score (nSPS) is 21.3. The number of unbranched alkanes of at least 4 members (excludes halogenated alkanes) is 2. The Bertz CT molecular complexity index is 2870. The van der Waals surface area contributed by atoms with Gasteiger partial charge in [0.15, 0.2) is 11.6 Å². The van der Waals surface area contributed by atoms with Gasteiger partial charge in [0.05, 0.1) is 11.8 Å². The van der Waals surface area contributed by atoms with E-state index in [4.69, 9.17) is 0 Å². The van der Waals surface area contributed by atoms with Crippen LogP contribution in [0.5, 0.6) is 0 Å². The van der Waals surface area contributed by atoms with Crippen molar-refractivity contribution in [2.45, 2.75) is 78.1 Å². The molecule has 2 aliphatic heterocycles. The van der Waals surface area contributed by atoms with Crippen LogP contribution in [0.25, 0.3) is 44.8 Å². The molecule has 4 aromatic carbocycles. The lowest BCUT2D eigenvalue weighted by molar-refractivity contribution is -0.313. The highest BCUT2D eigenvalue weighted by Crippen LogP contribution is 2.54. The Kier molecular flexibility index (Phi) is 10.5. The molecule has 2 aliphatic carbocycles. The summed E-state index contributed by atoms with van der Waals surface area (Å²) in [6.45, 7) is 14.8. The van der Waals surface area contributed by atoms with Gasteiger partial charge in [0.2, 0.25) is 0 Å². The summed E-state index contributed by atoms with van der Waals surface area (Å²) in [6.07, 6.45) is 11.9. The van der Waals surface area contributed by atoms with E-state index < -0.39 is 11.8 Å². The molecule has 10 rings (SSSR count). The fraction of sp³-hybridized carbons (Fsp3) is 0.286. The third-order valence-electron chi connectivity index (χ3n) is 13.9. The topological polar surface area (TPSA) is 86.7 Å². The van der Waals surface area contributed by atoms with Crippen molar-refractivity contribution < 1.29 is 19.8 Å². The van der Waals surface area contributed by atoms with Gasteiger partial charge >= 0.3 is 0 Å². The van der Waals surface area contributed by atoms with Crippen LogP contribution in [0.3, 0.4) is 0 Å². The standard InChI is InChI=1S/C56H54N2O4S2/c1-7-9-29-57-41-25-19-33-15-11-13-17-37(33)49(41)55(3,4)45(57)31-39-51(59)47(52(39)60)43-27-23-35(63-43)21-22-36-24-28-44(64-36)48-53(61)40(54(48)62)32-46-56(5,6)50-38-18-14-12-16-34(38)20-26-42(50)58(46)30-10-8-2/h11-28,31-32,39-40,59,61H,7-10,29-30H2,1-6H3/p-2/b22-21+,45-31-,46-32+. The number of allylic oxidation sites excluding steroid dienone is 6. The molecule has 324 valence electrons. The van der Waals surface area contributed by atoms with Gasteiger partial charge in [-0.05, 0) is 106 Å². The van der Waals surface area contributed by atoms with Crippen LogP contribution in [-0.4, -0.2) is 24.7 Å². The van der Waals surface area contributed by atoms with Gasteiger partial charge < -0.3 is 20.0 Å². The number of Topliss-reactive ketones (excluding diaryl/α,β-unsaturated/α-hetero) is 2. The van der Waals surface area contributed by atoms with Crippen molar-refractivity contribution in [1.82, 2.24) is 0 Å². The maximum absolute atomic E-state index is 13.8. The minimum absolute atomic E-state index is 0.131. The average molecular weight is 881 g/mol. The fourth-order valence-electron chi connectivity index (χ4n) is 10.6. The first-order chi connectivity index (χ1) is 30.8. The summed E-state index contributed by atoms with van der Waals surface area (Å²) in [7, 11) is 0. The Labute approximate surface area is 383 Å². The molecule has 0 amide bonds. The Morgan fingerprint density at radius 1 is 0.562 bits per heavy atom. The molecule has 4 heterocycles. The number of hydrogen-bond acceptors (Lipinski definition) is 8. The molecule has 0 spiro atoms. The third kappa shape index (κ3) is 6.55. The average Bonchev–Trinajstić information content (AvgIpc) is 4.05. The number of ketones is 2. The summed E-state index contributed by atoms with van der Waals surface area (Å²) < 4.78 is 0. The number of nitrogens with zero attached hydrogens (tertiary/aromatic N) is 2. The Morgan fingerprint density at radius 3 is 1.36 bits per heavy atom. The molecule has 6 aromatic rings. The predicted octanol–water partition coefficient (Wildman–Crippen LogP) is 11.8. The van der Waals surface area contributed by atoms with Gasteiger partial charge in [0.25, 0.3) is 0 Å². The second kappa shape index (κ2) is 15.9. The molecule has 0 radical (unpaired) electrons. The minimum atomic E-state index is -0.800. The molecular formula is C56H52N2O4S2-2. The van der Waals surface area contributed by atoms with Crippen LogP contribution < -0.4 is 20.0 Å². The van der Waals surface area contributed by atoms with E-state index in [0.717, 1.165) is 71.3 Å². The van der Waals surface area contributed by atoms with Crippen molar-refractivity contribution in [1.29, 1.82) is 0 Å². The Morgan fingerprint density at radius 2 is 0.969 bits per heavy atom. The maximum atomic E-state index is 13.8. The summed E-state index contributed by atoms with van der Waals surface area (Å²) in [5.41, 5.74) is 6.63. The van der Waals surface area contributed by atoms with Crippen molar-refractivity contribution in [3.63, 3.8) is 0 Å². The molecule has 2 aromatic heterocycles. The van der Waals surface area contributed by atoms with Crippen LogP contribution in [0.2, 0.25) is 0 Å². The third-order valence-corrected chi connectivity index (χ3v) is 16.0. The molecular weight excluding hydrogens is 829 g/mol. The molecule has 0 saturated heterocycles. The van der Waals surface area contributed by atoms with E-state index in [1.165, 1.54) is 55.3 Å². The van der Waals surface area contributed by atoms with E-state index >= 15 is 0 Å². The van der Waals surface area contributed by atoms with Gasteiger partial charge in [-0.3, -0.25) is 9.59 Å². The lowest BCUT2D eigenvalue weighted by Crippen LogP contribution is -2.37. The van der Waals surface area contributed by atoms with Gasteiger partial charge in [0.1, 0.15) is 0 Å². The summed E-state index contributed by atoms with van der Waals surface area (Å²) in [5, 5.41) is 32.4. The fourth-order valence-corrected chi connectivity index (χ4v) is 12.5. The van der Waals surface area contributed by atoms with E-state index in [9.17, 15) is 19.8 Å². The molecule has 64 heavy (non-hydrogen) atoms. The molecule has 6 nitrogen and oxygen atoms in total. The van der Waals surface area contributed by atoms with Crippen molar-refractivity contribution in [3.8, 4) is 0 Å². The first kappa shape index (κ1) is 42.0. The molecule has 0 N–H and O–H groups in total. The quantitative estimate of drug-likeness (QED) is 0.122. The number of carbonyl (C=O) groups excluding carboxylic acids is 2. The maximum Gasteiger partial charge on any atom is 0.173 e. The van der Waals surface area contributed by atoms with E-state index in [2.05, 4.69) is 124 Å². The van der Waals surface area contributed by atoms with Crippen molar-refractivity contribution in [2.75, 3.05) is 22.9 Å². The van der Waals surface area contributed by atoms with Crippen LogP contribution in [0.1, 0.15) is 97.9 Å². The number of fused-ring (bicyclic) bond motifs is 6. The zero-order valence-corrected chi connectivity index (χ0v) is 38.9. The second-order valence-corrected chi connectivity index (χ2v) is 20.9. The van der Waals surface area contributed by atoms with Gasteiger partial charge in [-0.2, -0.15) is 0 Å². The number of hydrogen-bond donors (Lipinski definition) is 0. The molecule has 0 bridgehead atoms. The second-order valence-electron chi connectivity index (χ2n) is 18.6. The molecule has 8 heteroatoms. The number of anilines is 2. The summed E-state index contributed by atoms with van der Waals surface area (Å²) >= 11 is 2.84. The van der Waals surface area contributed by atoms with Crippen molar-refractivity contribution >= 4 is 90.5 Å². The lowest BCUT2D eigenvalue weighted by Gasteiger charge is -2.37. The zero-order chi connectivity index (χ0) is 44.7. The van der Waals surface area contributed by atoms with Crippen LogP contribution in [0, 0.1) is 11.8 Å². The Balaban J connectivity index is 0.867. The van der Waals surface area contributed by atoms with Crippen molar-refractivity contribution in [3.05, 3.63) is 163 Å². The number of thiophene rings is 2. The number of carbonyl (C=O) groups is 2. The van der Waals surface area contributed by atoms with E-state index in [0.29, 0.717) is 9.75 Å². The number of rotatable bonds is 12. The zero-order valence-electron chi connectivity index (χ0n) is 37.3. The van der Waals surface area contributed by atoms with Crippen LogP contribution in [0.15, 0.2) is 132 Å². The summed E-state index contributed by atoms with van der Waals surface area (Å²) in [4.78, 5) is 35.5. The minimum Gasteiger partial charge on any atom is -0.874 e. The summed E-state index contributed by atoms with van der Waals surface area (Å²) in [5.74, 6) is -2.12. The molecule has 4 aliphatic rings. The van der Waals surface area contributed by atoms with E-state index in [-0.39, 0.29) is 45.1 Å². The highest BCUT2D eigenvalue weighted by molar-refractivity contribution is 7.15. The Hall–Kier alpha value is -5.96. The van der Waals surface area contributed by atoms with Crippen LogP contribution in [0.4, 0.5) is 11.4 Å². The highest BCUT2D eigenvalue weighted by Gasteiger charge is 2.45. The van der Waals surface area contributed by atoms with Gasteiger partial charge in [-0.25, -0.2) is 0 Å². The van der Waals surface area contributed by atoms with E-state index in [1.807, 2.05) is 48.6 Å². The highest BCUT2D eigenvalue weighted by atomic mass is 32.1. The van der Waals surface area contributed by atoms with Gasteiger partial charge in [-0.15, -0.1) is 34.2 Å². The smallest absolute Gasteiger partial charge is 0.173 e. The van der Waals surface area contributed by atoms with Crippen molar-refractivity contribution in [2.24, 2.45) is 11.8 Å². The lowest BCUT2D eigenvalue weighted by atomic mass is 9.76. The predicted molar refractivity (Wildman–Crippen MR) is 263 cm³/mol. The van der Waals surface area contributed by atoms with Gasteiger partial charge in [0, 0.05) is 77.3 Å². The monoisotopic (exact) mass is 880 g/mol. The first-order valence-electron chi connectivity index (χ1n) is 22.7. The van der Waals surface area contributed by atoms with Gasteiger partial charge in [-0.1, -0.05) is 115 Å². The number of benzene rings is 4. The SMILES string of the molecule is CCCCN1/C(=C\C2C(=O)C(c3ccc(/C=C/c4ccc(C5=C([O-])C(/C=C6/N(CCCC)c7ccc8ccccc8c7C6(C)C)C5=O)s4)s3)=C2[O-])C(C)(C)c2c1ccc1ccccc21. The van der Waals surface area contributed by atoms with Crippen LogP contribution in [-0.2, 0) is 20.4 Å². The summed E-state index contributed by atoms with van der Waals surface area (Å²) in [6, 6.07) is 33.2. The molecule has 2 atom stereocenters. The first-order valence-corrected chi connectivity index (χ1v) is 24.3. The largest absolute Gasteiger partial charge is 0.874 e.